The predicted molar refractivity (Wildman–Crippen MR) is 77.7 cm³/mol. The fraction of sp³-hybridized carbons (Fsp3) is 0.867. The third-order valence-corrected chi connectivity index (χ3v) is 4.29. The van der Waals surface area contributed by atoms with Crippen molar-refractivity contribution in [3.63, 3.8) is 0 Å². The molecule has 1 aliphatic carbocycles. The quantitative estimate of drug-likeness (QED) is 0.743. The lowest BCUT2D eigenvalue weighted by Crippen LogP contribution is -2.57. The van der Waals surface area contributed by atoms with E-state index in [-0.39, 0.29) is 36.0 Å². The van der Waals surface area contributed by atoms with Crippen LogP contribution in [-0.4, -0.2) is 49.8 Å². The molecule has 6 nitrogen and oxygen atoms in total. The van der Waals surface area contributed by atoms with Crippen molar-refractivity contribution in [2.75, 3.05) is 19.8 Å². The molecule has 6 heteroatoms. The molecule has 21 heavy (non-hydrogen) atoms. The number of morpholine rings is 1. The highest BCUT2D eigenvalue weighted by Crippen LogP contribution is 2.25. The molecule has 0 bridgehead atoms. The zero-order chi connectivity index (χ0) is 15.2. The molecule has 0 radical (unpaired) electrons. The monoisotopic (exact) mass is 298 g/mol. The number of carbonyl (C=O) groups is 2. The Balaban J connectivity index is 1.75. The van der Waals surface area contributed by atoms with Crippen LogP contribution < -0.4 is 10.6 Å². The van der Waals surface area contributed by atoms with Crippen molar-refractivity contribution < 1.29 is 19.1 Å². The van der Waals surface area contributed by atoms with E-state index >= 15 is 0 Å². The van der Waals surface area contributed by atoms with Crippen LogP contribution in [0.5, 0.6) is 0 Å². The maximum Gasteiger partial charge on any atom is 0.308 e. The van der Waals surface area contributed by atoms with Gasteiger partial charge in [-0.1, -0.05) is 0 Å². The van der Waals surface area contributed by atoms with Crippen LogP contribution in [0.25, 0.3) is 0 Å². The number of rotatable bonds is 4. The number of ether oxygens (including phenoxy) is 2. The fourth-order valence-electron chi connectivity index (χ4n) is 3.05. The van der Waals surface area contributed by atoms with Crippen molar-refractivity contribution in [1.29, 1.82) is 0 Å². The van der Waals surface area contributed by atoms with Crippen LogP contribution in [0.2, 0.25) is 0 Å². The van der Waals surface area contributed by atoms with Crippen LogP contribution in [0, 0.1) is 5.92 Å². The Morgan fingerprint density at radius 3 is 2.62 bits per heavy atom. The summed E-state index contributed by atoms with van der Waals surface area (Å²) in [6.45, 7) is 5.52. The van der Waals surface area contributed by atoms with Gasteiger partial charge >= 0.3 is 5.97 Å². The molecule has 1 saturated carbocycles. The molecule has 2 rings (SSSR count). The molecule has 1 amide bonds. The smallest absolute Gasteiger partial charge is 0.308 e. The van der Waals surface area contributed by atoms with Gasteiger partial charge in [-0.25, -0.2) is 0 Å². The van der Waals surface area contributed by atoms with Crippen LogP contribution in [0.1, 0.15) is 39.5 Å². The van der Waals surface area contributed by atoms with Crippen LogP contribution in [0.15, 0.2) is 0 Å². The highest BCUT2D eigenvalue weighted by Gasteiger charge is 2.32. The van der Waals surface area contributed by atoms with Gasteiger partial charge in [0.15, 0.2) is 0 Å². The molecule has 1 heterocycles. The Kier molecular flexibility index (Phi) is 5.99. The lowest BCUT2D eigenvalue weighted by molar-refractivity contribution is -0.149. The van der Waals surface area contributed by atoms with Crippen LogP contribution in [0.4, 0.5) is 0 Å². The molecule has 1 aliphatic heterocycles. The second kappa shape index (κ2) is 7.75. The van der Waals surface area contributed by atoms with E-state index in [2.05, 4.69) is 10.6 Å². The molecule has 1 saturated heterocycles. The van der Waals surface area contributed by atoms with E-state index in [0.29, 0.717) is 19.8 Å². The van der Waals surface area contributed by atoms with Gasteiger partial charge in [0, 0.05) is 12.6 Å². The van der Waals surface area contributed by atoms with Crippen molar-refractivity contribution in [3.05, 3.63) is 0 Å². The van der Waals surface area contributed by atoms with Crippen molar-refractivity contribution in [2.45, 2.75) is 57.7 Å². The first-order valence-electron chi connectivity index (χ1n) is 7.93. The molecular weight excluding hydrogens is 272 g/mol. The summed E-state index contributed by atoms with van der Waals surface area (Å²) >= 11 is 0. The summed E-state index contributed by atoms with van der Waals surface area (Å²) in [7, 11) is 0. The Morgan fingerprint density at radius 1 is 1.29 bits per heavy atom. The molecule has 2 N–H and O–H groups in total. The minimum atomic E-state index is -0.276. The topological polar surface area (TPSA) is 76.7 Å². The maximum atomic E-state index is 12.2. The largest absolute Gasteiger partial charge is 0.466 e. The molecule has 2 atom stereocenters. The number of nitrogens with one attached hydrogen (secondary N) is 2. The highest BCUT2D eigenvalue weighted by atomic mass is 16.5. The minimum absolute atomic E-state index is 0.00165. The fourth-order valence-corrected chi connectivity index (χ4v) is 3.05. The molecule has 0 spiro atoms. The number of hydrogen-bond acceptors (Lipinski definition) is 5. The summed E-state index contributed by atoms with van der Waals surface area (Å²) in [5.74, 6) is -0.104. The van der Waals surface area contributed by atoms with Crippen LogP contribution in [-0.2, 0) is 19.1 Å². The van der Waals surface area contributed by atoms with Gasteiger partial charge in [0.25, 0.3) is 0 Å². The summed E-state index contributed by atoms with van der Waals surface area (Å²) in [5, 5.41) is 6.27. The first kappa shape index (κ1) is 16.2. The van der Waals surface area contributed by atoms with E-state index in [1.807, 2.05) is 13.8 Å². The second-order valence-corrected chi connectivity index (χ2v) is 5.82. The van der Waals surface area contributed by atoms with Gasteiger partial charge in [0.1, 0.15) is 6.04 Å². The Bertz CT molecular complexity index is 367. The van der Waals surface area contributed by atoms with Gasteiger partial charge < -0.3 is 20.1 Å². The van der Waals surface area contributed by atoms with E-state index in [0.717, 1.165) is 25.7 Å². The second-order valence-electron chi connectivity index (χ2n) is 5.82. The summed E-state index contributed by atoms with van der Waals surface area (Å²) in [6.07, 6.45) is 3.13. The van der Waals surface area contributed by atoms with Crippen molar-refractivity contribution in [2.24, 2.45) is 5.92 Å². The summed E-state index contributed by atoms with van der Waals surface area (Å²) in [5.41, 5.74) is 0. The first-order chi connectivity index (χ1) is 10.1. The lowest BCUT2D eigenvalue weighted by Gasteiger charge is -2.33. The average Bonchev–Trinajstić information content (AvgIpc) is 2.48. The lowest BCUT2D eigenvalue weighted by atomic mass is 9.86. The molecule has 2 fully saturated rings. The van der Waals surface area contributed by atoms with Gasteiger partial charge in [-0.2, -0.15) is 0 Å². The van der Waals surface area contributed by atoms with Gasteiger partial charge in [-0.05, 0) is 39.5 Å². The highest BCUT2D eigenvalue weighted by molar-refractivity contribution is 5.82. The molecule has 2 aliphatic rings. The van der Waals surface area contributed by atoms with Gasteiger partial charge in [-0.3, -0.25) is 9.59 Å². The zero-order valence-corrected chi connectivity index (χ0v) is 12.9. The Labute approximate surface area is 125 Å². The number of carbonyl (C=O) groups excluding carboxylic acids is 2. The molecule has 0 unspecified atom stereocenters. The van der Waals surface area contributed by atoms with Crippen molar-refractivity contribution >= 4 is 11.9 Å². The standard InChI is InChI=1S/C15H26N2O4/c1-3-20-15(19)11-4-6-12(7-5-11)17-14(18)13-10(2)21-9-8-16-13/h10-13,16H,3-9H2,1-2H3,(H,17,18)/t10-,11?,12?,13+/m1/s1. The number of amides is 1. The van der Waals surface area contributed by atoms with E-state index in [1.165, 1.54) is 0 Å². The van der Waals surface area contributed by atoms with E-state index < -0.39 is 0 Å². The van der Waals surface area contributed by atoms with Gasteiger partial charge in [-0.15, -0.1) is 0 Å². The Hall–Kier alpha value is -1.14. The summed E-state index contributed by atoms with van der Waals surface area (Å²) in [6, 6.07) is -0.124. The van der Waals surface area contributed by atoms with Gasteiger partial charge in [0.2, 0.25) is 5.91 Å². The summed E-state index contributed by atoms with van der Waals surface area (Å²) < 4.78 is 10.5. The number of esters is 1. The average molecular weight is 298 g/mol. The van der Waals surface area contributed by atoms with Crippen LogP contribution >= 0.6 is 0 Å². The van der Waals surface area contributed by atoms with Gasteiger partial charge in [0.05, 0.1) is 25.2 Å². The summed E-state index contributed by atoms with van der Waals surface area (Å²) in [4.78, 5) is 23.9. The molecule has 0 aromatic rings. The maximum absolute atomic E-state index is 12.2. The first-order valence-corrected chi connectivity index (χ1v) is 7.93. The molecular formula is C15H26N2O4. The van der Waals surface area contributed by atoms with Crippen LogP contribution in [0.3, 0.4) is 0 Å². The number of hydrogen-bond donors (Lipinski definition) is 2. The Morgan fingerprint density at radius 2 is 2.00 bits per heavy atom. The third-order valence-electron chi connectivity index (χ3n) is 4.29. The third kappa shape index (κ3) is 4.41. The van der Waals surface area contributed by atoms with Crippen molar-refractivity contribution in [3.8, 4) is 0 Å². The minimum Gasteiger partial charge on any atom is -0.466 e. The molecule has 0 aromatic carbocycles. The van der Waals surface area contributed by atoms with Crippen molar-refractivity contribution in [1.82, 2.24) is 10.6 Å². The normalized spacial score (nSPS) is 33.2. The van der Waals surface area contributed by atoms with E-state index in [1.54, 1.807) is 0 Å². The molecule has 0 aromatic heterocycles. The SMILES string of the molecule is CCOC(=O)C1CCC(NC(=O)[C@H]2NCCO[C@@H]2C)CC1. The molecule has 120 valence electrons. The van der Waals surface area contributed by atoms with E-state index in [4.69, 9.17) is 9.47 Å². The van der Waals surface area contributed by atoms with E-state index in [9.17, 15) is 9.59 Å². The zero-order valence-electron chi connectivity index (χ0n) is 12.9. The predicted octanol–water partition coefficient (Wildman–Crippen LogP) is 0.601.